The van der Waals surface area contributed by atoms with Gasteiger partial charge in [-0.3, -0.25) is 4.90 Å². The standard InChI is InChI=1S/C15H19ClN4O/c1-10-6-11(17)8-20(7-10)9-14-18-15(21-19-14)12-4-2-3-5-13(12)16/h2-5,10-11H,6-9,17H2,1H3. The van der Waals surface area contributed by atoms with Gasteiger partial charge in [-0.25, -0.2) is 0 Å². The van der Waals surface area contributed by atoms with Gasteiger partial charge in [0.2, 0.25) is 0 Å². The Hall–Kier alpha value is -1.43. The molecule has 6 heteroatoms. The first-order valence-corrected chi connectivity index (χ1v) is 7.55. The third kappa shape index (κ3) is 3.43. The van der Waals surface area contributed by atoms with Crippen molar-refractivity contribution in [1.82, 2.24) is 15.0 Å². The van der Waals surface area contributed by atoms with Crippen molar-refractivity contribution < 1.29 is 4.52 Å². The number of hydrogen-bond acceptors (Lipinski definition) is 5. The first-order chi connectivity index (χ1) is 10.1. The molecule has 0 spiro atoms. The number of rotatable bonds is 3. The quantitative estimate of drug-likeness (QED) is 0.944. The van der Waals surface area contributed by atoms with Gasteiger partial charge in [0, 0.05) is 19.1 Å². The molecule has 0 radical (unpaired) electrons. The molecule has 0 aliphatic carbocycles. The van der Waals surface area contributed by atoms with Crippen LogP contribution < -0.4 is 5.73 Å². The first kappa shape index (κ1) is 14.5. The maximum atomic E-state index is 6.14. The average molecular weight is 307 g/mol. The summed E-state index contributed by atoms with van der Waals surface area (Å²) in [5, 5.41) is 4.66. The summed E-state index contributed by atoms with van der Waals surface area (Å²) in [7, 11) is 0. The molecule has 2 atom stereocenters. The molecule has 0 saturated carbocycles. The highest BCUT2D eigenvalue weighted by atomic mass is 35.5. The lowest BCUT2D eigenvalue weighted by Gasteiger charge is -2.33. The number of benzene rings is 1. The number of halogens is 1. The van der Waals surface area contributed by atoms with E-state index in [4.69, 9.17) is 21.9 Å². The SMILES string of the molecule is CC1CC(N)CN(Cc2noc(-c3ccccc3Cl)n2)C1. The molecule has 2 N–H and O–H groups in total. The number of nitrogens with two attached hydrogens (primary N) is 1. The number of likely N-dealkylation sites (tertiary alicyclic amines) is 1. The van der Waals surface area contributed by atoms with E-state index in [-0.39, 0.29) is 6.04 Å². The molecule has 1 saturated heterocycles. The Bertz CT molecular complexity index is 605. The van der Waals surface area contributed by atoms with E-state index in [1.54, 1.807) is 0 Å². The molecule has 1 aromatic heterocycles. The van der Waals surface area contributed by atoms with E-state index in [0.717, 1.165) is 25.1 Å². The second-order valence-electron chi connectivity index (χ2n) is 5.79. The molecule has 2 aromatic rings. The number of nitrogens with zero attached hydrogens (tertiary/aromatic N) is 3. The minimum Gasteiger partial charge on any atom is -0.334 e. The summed E-state index contributed by atoms with van der Waals surface area (Å²) in [5.74, 6) is 1.74. The molecular weight excluding hydrogens is 288 g/mol. The van der Waals surface area contributed by atoms with Gasteiger partial charge >= 0.3 is 0 Å². The molecule has 1 fully saturated rings. The monoisotopic (exact) mass is 306 g/mol. The molecule has 5 nitrogen and oxygen atoms in total. The van der Waals surface area contributed by atoms with Crippen LogP contribution in [0.15, 0.2) is 28.8 Å². The second-order valence-corrected chi connectivity index (χ2v) is 6.20. The van der Waals surface area contributed by atoms with Crippen LogP contribution in [0.25, 0.3) is 11.5 Å². The summed E-state index contributed by atoms with van der Waals surface area (Å²) in [5.41, 5.74) is 6.83. The number of hydrogen-bond donors (Lipinski definition) is 1. The highest BCUT2D eigenvalue weighted by Gasteiger charge is 2.23. The zero-order valence-electron chi connectivity index (χ0n) is 12.0. The van der Waals surface area contributed by atoms with E-state index >= 15 is 0 Å². The molecule has 3 rings (SSSR count). The molecule has 21 heavy (non-hydrogen) atoms. The van der Waals surface area contributed by atoms with Crippen LogP contribution in [0.4, 0.5) is 0 Å². The van der Waals surface area contributed by atoms with Gasteiger partial charge < -0.3 is 10.3 Å². The summed E-state index contributed by atoms with van der Waals surface area (Å²) < 4.78 is 5.32. The fourth-order valence-electron chi connectivity index (χ4n) is 2.90. The van der Waals surface area contributed by atoms with E-state index in [1.807, 2.05) is 24.3 Å². The largest absolute Gasteiger partial charge is 0.334 e. The molecule has 0 bridgehead atoms. The van der Waals surface area contributed by atoms with Crippen LogP contribution in [-0.2, 0) is 6.54 Å². The predicted octanol–water partition coefficient (Wildman–Crippen LogP) is 2.56. The first-order valence-electron chi connectivity index (χ1n) is 7.17. The molecule has 1 aromatic carbocycles. The Balaban J connectivity index is 1.72. The van der Waals surface area contributed by atoms with E-state index in [9.17, 15) is 0 Å². The molecule has 112 valence electrons. The Morgan fingerprint density at radius 1 is 1.38 bits per heavy atom. The minimum absolute atomic E-state index is 0.226. The van der Waals surface area contributed by atoms with Crippen molar-refractivity contribution in [3.05, 3.63) is 35.1 Å². The minimum atomic E-state index is 0.226. The van der Waals surface area contributed by atoms with Crippen LogP contribution in [0.2, 0.25) is 5.02 Å². The normalized spacial score (nSPS) is 23.4. The maximum Gasteiger partial charge on any atom is 0.259 e. The Labute approximate surface area is 129 Å². The highest BCUT2D eigenvalue weighted by molar-refractivity contribution is 6.33. The lowest BCUT2D eigenvalue weighted by molar-refractivity contribution is 0.153. The van der Waals surface area contributed by atoms with Crippen LogP contribution in [0, 0.1) is 5.92 Å². The molecular formula is C15H19ClN4O. The summed E-state index contributed by atoms with van der Waals surface area (Å²) in [6, 6.07) is 7.68. The van der Waals surface area contributed by atoms with E-state index in [2.05, 4.69) is 22.0 Å². The molecule has 1 aliphatic heterocycles. The second kappa shape index (κ2) is 6.13. The zero-order chi connectivity index (χ0) is 14.8. The fourth-order valence-corrected chi connectivity index (χ4v) is 3.12. The van der Waals surface area contributed by atoms with Crippen LogP contribution in [0.1, 0.15) is 19.2 Å². The maximum absolute atomic E-state index is 6.14. The van der Waals surface area contributed by atoms with E-state index in [1.165, 1.54) is 0 Å². The van der Waals surface area contributed by atoms with Gasteiger partial charge in [-0.2, -0.15) is 4.98 Å². The highest BCUT2D eigenvalue weighted by Crippen LogP contribution is 2.26. The van der Waals surface area contributed by atoms with Crippen molar-refractivity contribution in [3.8, 4) is 11.5 Å². The van der Waals surface area contributed by atoms with Crippen molar-refractivity contribution in [2.45, 2.75) is 25.9 Å². The lowest BCUT2D eigenvalue weighted by Crippen LogP contribution is -2.45. The van der Waals surface area contributed by atoms with Crippen LogP contribution in [0.3, 0.4) is 0 Å². The predicted molar refractivity (Wildman–Crippen MR) is 81.8 cm³/mol. The fraction of sp³-hybridized carbons (Fsp3) is 0.467. The third-order valence-corrected chi connectivity index (χ3v) is 4.03. The van der Waals surface area contributed by atoms with Gasteiger partial charge in [0.25, 0.3) is 5.89 Å². The lowest BCUT2D eigenvalue weighted by atomic mass is 9.97. The summed E-state index contributed by atoms with van der Waals surface area (Å²) in [6.45, 7) is 4.77. The van der Waals surface area contributed by atoms with Gasteiger partial charge in [-0.1, -0.05) is 35.8 Å². The van der Waals surface area contributed by atoms with Crippen molar-refractivity contribution in [2.75, 3.05) is 13.1 Å². The smallest absolute Gasteiger partial charge is 0.259 e. The van der Waals surface area contributed by atoms with Crippen molar-refractivity contribution in [1.29, 1.82) is 0 Å². The van der Waals surface area contributed by atoms with E-state index < -0.39 is 0 Å². The topological polar surface area (TPSA) is 68.2 Å². The van der Waals surface area contributed by atoms with Gasteiger partial charge in [-0.05, 0) is 24.5 Å². The third-order valence-electron chi connectivity index (χ3n) is 3.71. The zero-order valence-corrected chi connectivity index (χ0v) is 12.8. The van der Waals surface area contributed by atoms with Crippen molar-refractivity contribution >= 4 is 11.6 Å². The van der Waals surface area contributed by atoms with Crippen LogP contribution in [0.5, 0.6) is 0 Å². The van der Waals surface area contributed by atoms with Gasteiger partial charge in [0.15, 0.2) is 5.82 Å². The summed E-state index contributed by atoms with van der Waals surface area (Å²) >= 11 is 6.14. The average Bonchev–Trinajstić information content (AvgIpc) is 2.86. The van der Waals surface area contributed by atoms with Crippen LogP contribution in [-0.4, -0.2) is 34.2 Å². The summed E-state index contributed by atoms with van der Waals surface area (Å²) in [4.78, 5) is 6.72. The van der Waals surface area contributed by atoms with Gasteiger partial charge in [-0.15, -0.1) is 0 Å². The molecule has 2 heterocycles. The number of aromatic nitrogens is 2. The molecule has 0 amide bonds. The van der Waals surface area contributed by atoms with Gasteiger partial charge in [0.05, 0.1) is 17.1 Å². The van der Waals surface area contributed by atoms with Crippen LogP contribution >= 0.6 is 11.6 Å². The van der Waals surface area contributed by atoms with Crippen molar-refractivity contribution in [2.24, 2.45) is 11.7 Å². The molecule has 2 unspecified atom stereocenters. The Morgan fingerprint density at radius 3 is 2.95 bits per heavy atom. The Morgan fingerprint density at radius 2 is 2.19 bits per heavy atom. The van der Waals surface area contributed by atoms with E-state index in [0.29, 0.717) is 29.2 Å². The Kier molecular flexibility index (Phi) is 4.24. The molecule has 1 aliphatic rings. The van der Waals surface area contributed by atoms with Crippen molar-refractivity contribution in [3.63, 3.8) is 0 Å². The number of piperidine rings is 1. The summed E-state index contributed by atoms with van der Waals surface area (Å²) in [6.07, 6.45) is 1.08. The van der Waals surface area contributed by atoms with Gasteiger partial charge in [0.1, 0.15) is 0 Å².